The van der Waals surface area contributed by atoms with E-state index >= 15 is 0 Å². The van der Waals surface area contributed by atoms with Gasteiger partial charge in [0.15, 0.2) is 0 Å². The maximum absolute atomic E-state index is 14.5. The smallest absolute Gasteiger partial charge is 0.261 e. The number of rotatable bonds is 6. The zero-order chi connectivity index (χ0) is 23.7. The number of halogens is 1. The first kappa shape index (κ1) is 23.0. The molecule has 178 valence electrons. The predicted octanol–water partition coefficient (Wildman–Crippen LogP) is 4.93. The molecular weight excluding hydrogens is 451 g/mol. The molecular formula is C27H29FN2O3S. The van der Waals surface area contributed by atoms with Crippen LogP contribution in [0.25, 0.3) is 0 Å². The molecule has 7 heteroatoms. The van der Waals surface area contributed by atoms with E-state index in [9.17, 15) is 9.18 Å². The summed E-state index contributed by atoms with van der Waals surface area (Å²) >= 11 is 1.44. The molecule has 0 unspecified atom stereocenters. The van der Waals surface area contributed by atoms with Gasteiger partial charge >= 0.3 is 0 Å². The van der Waals surface area contributed by atoms with Crippen LogP contribution in [0.2, 0.25) is 0 Å². The van der Waals surface area contributed by atoms with Crippen molar-refractivity contribution in [3.05, 3.63) is 87.4 Å². The number of likely N-dealkylation sites (tertiary alicyclic amines) is 1. The Morgan fingerprint density at radius 1 is 1.15 bits per heavy atom. The fourth-order valence-corrected chi connectivity index (χ4v) is 6.31. The van der Waals surface area contributed by atoms with E-state index in [1.807, 2.05) is 23.6 Å². The molecule has 5 rings (SSSR count). The summed E-state index contributed by atoms with van der Waals surface area (Å²) in [6.07, 6.45) is 1.60. The summed E-state index contributed by atoms with van der Waals surface area (Å²) in [5, 5.41) is 5.16. The highest BCUT2D eigenvalue weighted by molar-refractivity contribution is 7.12. The highest BCUT2D eigenvalue weighted by Gasteiger charge is 2.54. The molecule has 2 aliphatic rings. The van der Waals surface area contributed by atoms with Crippen molar-refractivity contribution in [3.63, 3.8) is 0 Å². The van der Waals surface area contributed by atoms with Crippen molar-refractivity contribution < 1.29 is 18.7 Å². The number of hydrogen-bond acceptors (Lipinski definition) is 5. The van der Waals surface area contributed by atoms with Gasteiger partial charge in [0.05, 0.1) is 24.1 Å². The van der Waals surface area contributed by atoms with E-state index < -0.39 is 0 Å². The van der Waals surface area contributed by atoms with Gasteiger partial charge in [0.2, 0.25) is 0 Å². The number of carbonyl (C=O) groups is 1. The molecule has 34 heavy (non-hydrogen) atoms. The highest BCUT2D eigenvalue weighted by Crippen LogP contribution is 2.52. The monoisotopic (exact) mass is 480 g/mol. The van der Waals surface area contributed by atoms with Crippen LogP contribution in [0.3, 0.4) is 0 Å². The molecule has 0 bridgehead atoms. The van der Waals surface area contributed by atoms with Gasteiger partial charge in [-0.15, -0.1) is 11.3 Å². The van der Waals surface area contributed by atoms with Gasteiger partial charge in [-0.05, 0) is 54.6 Å². The zero-order valence-electron chi connectivity index (χ0n) is 19.4. The lowest BCUT2D eigenvalue weighted by Crippen LogP contribution is -2.50. The second-order valence-electron chi connectivity index (χ2n) is 9.06. The van der Waals surface area contributed by atoms with Gasteiger partial charge in [-0.2, -0.15) is 0 Å². The number of nitrogens with one attached hydrogen (secondary N) is 1. The van der Waals surface area contributed by atoms with Crippen molar-refractivity contribution in [1.29, 1.82) is 0 Å². The maximum Gasteiger partial charge on any atom is 0.261 e. The Hall–Kier alpha value is -2.74. The number of carbonyl (C=O) groups excluding carboxylic acids is 1. The quantitative estimate of drug-likeness (QED) is 0.544. The SMILES string of the molecule is COc1ccc(CN2CCC3(CC2)c2ccccc2[C@H](NC(=O)c2cccs2)[C@H]3OC)c(F)c1. The third kappa shape index (κ3) is 4.02. The van der Waals surface area contributed by atoms with Crippen LogP contribution in [-0.2, 0) is 16.7 Å². The van der Waals surface area contributed by atoms with Crippen molar-refractivity contribution in [2.45, 2.75) is 36.9 Å². The van der Waals surface area contributed by atoms with E-state index in [1.54, 1.807) is 26.4 Å². The van der Waals surface area contributed by atoms with Gasteiger partial charge in [0.25, 0.3) is 5.91 Å². The second kappa shape index (κ2) is 9.49. The molecule has 2 aromatic carbocycles. The molecule has 1 N–H and O–H groups in total. The van der Waals surface area contributed by atoms with Gasteiger partial charge in [-0.1, -0.05) is 36.4 Å². The molecule has 1 saturated heterocycles. The summed E-state index contributed by atoms with van der Waals surface area (Å²) in [5.41, 5.74) is 2.88. The minimum absolute atomic E-state index is 0.0682. The molecule has 5 nitrogen and oxygen atoms in total. The Morgan fingerprint density at radius 3 is 2.62 bits per heavy atom. The Kier molecular flexibility index (Phi) is 6.42. The van der Waals surface area contributed by atoms with E-state index in [0.29, 0.717) is 22.7 Å². The second-order valence-corrected chi connectivity index (χ2v) is 10.0. The van der Waals surface area contributed by atoms with Crippen molar-refractivity contribution in [2.24, 2.45) is 0 Å². The average molecular weight is 481 g/mol. The highest BCUT2D eigenvalue weighted by atomic mass is 32.1. The molecule has 1 aromatic heterocycles. The lowest BCUT2D eigenvalue weighted by Gasteiger charge is -2.44. The van der Waals surface area contributed by atoms with Gasteiger partial charge in [-0.25, -0.2) is 4.39 Å². The fraction of sp³-hybridized carbons (Fsp3) is 0.370. The van der Waals surface area contributed by atoms with Gasteiger partial charge < -0.3 is 14.8 Å². The van der Waals surface area contributed by atoms with Crippen LogP contribution in [0.4, 0.5) is 4.39 Å². The standard InChI is InChI=1S/C27H29FN2O3S/c1-32-19-10-9-18(22(28)16-19)17-30-13-11-27(12-14-30)21-7-4-3-6-20(21)24(25(27)33-2)29-26(31)23-8-5-15-34-23/h3-10,15-16,24-25H,11-14,17H2,1-2H3,(H,29,31)/t24-,25+/m0/s1. The fourth-order valence-electron chi connectivity index (χ4n) is 5.68. The van der Waals surface area contributed by atoms with Gasteiger partial charge in [-0.3, -0.25) is 9.69 Å². The summed E-state index contributed by atoms with van der Waals surface area (Å²) in [7, 11) is 3.28. The summed E-state index contributed by atoms with van der Waals surface area (Å²) in [6, 6.07) is 16.9. The van der Waals surface area contributed by atoms with Crippen LogP contribution < -0.4 is 10.1 Å². The summed E-state index contributed by atoms with van der Waals surface area (Å²) < 4.78 is 25.8. The molecule has 1 amide bonds. The van der Waals surface area contributed by atoms with E-state index in [2.05, 4.69) is 28.4 Å². The Morgan fingerprint density at radius 2 is 1.94 bits per heavy atom. The van der Waals surface area contributed by atoms with Crippen molar-refractivity contribution in [2.75, 3.05) is 27.3 Å². The van der Waals surface area contributed by atoms with Crippen molar-refractivity contribution in [1.82, 2.24) is 10.2 Å². The maximum atomic E-state index is 14.5. The van der Waals surface area contributed by atoms with E-state index in [-0.39, 0.29) is 29.3 Å². The Balaban J connectivity index is 1.36. The normalized spacial score (nSPS) is 21.4. The van der Waals surface area contributed by atoms with Crippen LogP contribution in [0, 0.1) is 5.82 Å². The van der Waals surface area contributed by atoms with Gasteiger partial charge in [0, 0.05) is 30.7 Å². The zero-order valence-corrected chi connectivity index (χ0v) is 20.2. The Bertz CT molecular complexity index is 1160. The number of fused-ring (bicyclic) bond motifs is 2. The first-order valence-corrected chi connectivity index (χ1v) is 12.4. The molecule has 0 saturated carbocycles. The third-order valence-electron chi connectivity index (χ3n) is 7.37. The number of nitrogens with zero attached hydrogens (tertiary/aromatic N) is 1. The lowest BCUT2D eigenvalue weighted by molar-refractivity contribution is -0.0123. The third-order valence-corrected chi connectivity index (χ3v) is 8.24. The summed E-state index contributed by atoms with van der Waals surface area (Å²) in [5.74, 6) is 0.221. The first-order valence-electron chi connectivity index (χ1n) is 11.6. The molecule has 1 spiro atoms. The number of methoxy groups -OCH3 is 2. The van der Waals surface area contributed by atoms with E-state index in [1.165, 1.54) is 23.0 Å². The van der Waals surface area contributed by atoms with Crippen LogP contribution in [0.15, 0.2) is 60.0 Å². The van der Waals surface area contributed by atoms with Crippen LogP contribution in [0.1, 0.15) is 45.2 Å². The molecule has 2 atom stereocenters. The first-order chi connectivity index (χ1) is 16.6. The van der Waals surface area contributed by atoms with Crippen LogP contribution in [0.5, 0.6) is 5.75 Å². The van der Waals surface area contributed by atoms with Crippen molar-refractivity contribution in [3.8, 4) is 5.75 Å². The molecule has 1 fully saturated rings. The summed E-state index contributed by atoms with van der Waals surface area (Å²) in [4.78, 5) is 15.9. The Labute approximate surface area is 203 Å². The number of piperidine rings is 1. The largest absolute Gasteiger partial charge is 0.497 e. The minimum Gasteiger partial charge on any atom is -0.497 e. The van der Waals surface area contributed by atoms with E-state index in [4.69, 9.17) is 9.47 Å². The molecule has 2 heterocycles. The summed E-state index contributed by atoms with van der Waals surface area (Å²) in [6.45, 7) is 2.21. The lowest BCUT2D eigenvalue weighted by atomic mass is 9.72. The molecule has 1 aliphatic carbocycles. The topological polar surface area (TPSA) is 50.8 Å². The predicted molar refractivity (Wildman–Crippen MR) is 131 cm³/mol. The van der Waals surface area contributed by atoms with Crippen LogP contribution >= 0.6 is 11.3 Å². The number of ether oxygens (including phenoxy) is 2. The molecule has 3 aromatic rings. The molecule has 0 radical (unpaired) electrons. The van der Waals surface area contributed by atoms with Crippen molar-refractivity contribution >= 4 is 17.2 Å². The average Bonchev–Trinajstić information content (AvgIpc) is 3.48. The number of benzene rings is 2. The molecule has 1 aliphatic heterocycles. The van der Waals surface area contributed by atoms with Gasteiger partial charge in [0.1, 0.15) is 11.6 Å². The minimum atomic E-state index is -0.239. The number of amides is 1. The number of hydrogen-bond donors (Lipinski definition) is 1. The number of thiophene rings is 1. The van der Waals surface area contributed by atoms with Crippen LogP contribution in [-0.4, -0.2) is 44.2 Å². The van der Waals surface area contributed by atoms with E-state index in [0.717, 1.165) is 31.5 Å².